The van der Waals surface area contributed by atoms with Crippen LogP contribution in [0.25, 0.3) is 6.08 Å². The number of hydroxylamine groups is 1. The van der Waals surface area contributed by atoms with Crippen LogP contribution in [0, 0.1) is 5.92 Å². The lowest BCUT2D eigenvalue weighted by Gasteiger charge is -2.30. The summed E-state index contributed by atoms with van der Waals surface area (Å²) in [6.07, 6.45) is 10.1. The highest BCUT2D eigenvalue weighted by Crippen LogP contribution is 2.36. The van der Waals surface area contributed by atoms with Crippen LogP contribution in [0.4, 0.5) is 0 Å². The van der Waals surface area contributed by atoms with Crippen LogP contribution >= 0.6 is 0 Å². The number of aliphatic carboxylic acids is 1. The smallest absolute Gasteiger partial charge is 0.341 e. The molecule has 2 aromatic carbocycles. The lowest BCUT2D eigenvalue weighted by molar-refractivity contribution is -0.139. The molecule has 0 spiro atoms. The number of rotatable bonds is 10. The first kappa shape index (κ1) is 20.9. The van der Waals surface area contributed by atoms with E-state index in [-0.39, 0.29) is 6.61 Å². The van der Waals surface area contributed by atoms with Crippen molar-refractivity contribution < 1.29 is 19.5 Å². The fraction of sp³-hybridized carbons (Fsp3) is 0.375. The molecule has 1 saturated carbocycles. The van der Waals surface area contributed by atoms with Crippen molar-refractivity contribution in [1.82, 2.24) is 5.48 Å². The number of benzene rings is 2. The summed E-state index contributed by atoms with van der Waals surface area (Å²) in [6.45, 7) is 0.275. The molecule has 154 valence electrons. The molecule has 3 rings (SSSR count). The predicted molar refractivity (Wildman–Crippen MR) is 113 cm³/mol. The molecule has 5 nitrogen and oxygen atoms in total. The van der Waals surface area contributed by atoms with Crippen molar-refractivity contribution in [2.75, 3.05) is 13.2 Å². The molecular weight excluding hydrogens is 366 g/mol. The zero-order valence-electron chi connectivity index (χ0n) is 16.6. The molecule has 29 heavy (non-hydrogen) atoms. The monoisotopic (exact) mass is 395 g/mol. The summed E-state index contributed by atoms with van der Waals surface area (Å²) < 4.78 is 5.20. The van der Waals surface area contributed by atoms with Crippen LogP contribution < -0.4 is 10.2 Å². The van der Waals surface area contributed by atoms with Gasteiger partial charge in [-0.2, -0.15) is 0 Å². The molecule has 1 aliphatic rings. The lowest BCUT2D eigenvalue weighted by Crippen LogP contribution is -2.23. The van der Waals surface area contributed by atoms with Crippen LogP contribution in [0.3, 0.4) is 0 Å². The molecule has 0 radical (unpaired) electrons. The number of carboxylic acid groups (broad SMARTS) is 1. The number of hydrogen-bond acceptors (Lipinski definition) is 4. The lowest BCUT2D eigenvalue weighted by atomic mass is 9.77. The Hall–Kier alpha value is -2.79. The normalized spacial score (nSPS) is 15.9. The van der Waals surface area contributed by atoms with Gasteiger partial charge in [0.1, 0.15) is 5.75 Å². The number of nitrogens with one attached hydrogen (secondary N) is 1. The van der Waals surface area contributed by atoms with E-state index in [1.807, 2.05) is 18.2 Å². The van der Waals surface area contributed by atoms with Crippen molar-refractivity contribution in [2.45, 2.75) is 38.0 Å². The largest absolute Gasteiger partial charge is 0.482 e. The Kier molecular flexibility index (Phi) is 8.13. The second-order valence-electron chi connectivity index (χ2n) is 7.43. The highest BCUT2D eigenvalue weighted by atomic mass is 16.6. The summed E-state index contributed by atoms with van der Waals surface area (Å²) in [7, 11) is 0. The number of ether oxygens (including phenoxy) is 1. The summed E-state index contributed by atoms with van der Waals surface area (Å²) in [5, 5.41) is 8.70. The van der Waals surface area contributed by atoms with E-state index in [0.29, 0.717) is 24.2 Å². The highest BCUT2D eigenvalue weighted by molar-refractivity contribution is 5.68. The van der Waals surface area contributed by atoms with Gasteiger partial charge in [-0.3, -0.25) is 10.3 Å². The van der Waals surface area contributed by atoms with Crippen molar-refractivity contribution in [2.24, 2.45) is 5.92 Å². The van der Waals surface area contributed by atoms with Crippen LogP contribution in [-0.2, 0) is 9.63 Å². The molecule has 0 amide bonds. The topological polar surface area (TPSA) is 67.8 Å². The minimum Gasteiger partial charge on any atom is -0.482 e. The average molecular weight is 395 g/mol. The van der Waals surface area contributed by atoms with E-state index in [2.05, 4.69) is 35.8 Å². The van der Waals surface area contributed by atoms with E-state index in [0.717, 1.165) is 5.56 Å². The van der Waals surface area contributed by atoms with Gasteiger partial charge in [0, 0.05) is 12.1 Å². The summed E-state index contributed by atoms with van der Waals surface area (Å²) in [4.78, 5) is 16.4. The average Bonchev–Trinajstić information content (AvgIpc) is 2.76. The van der Waals surface area contributed by atoms with E-state index < -0.39 is 5.97 Å². The van der Waals surface area contributed by atoms with Crippen LogP contribution in [-0.4, -0.2) is 24.3 Å². The van der Waals surface area contributed by atoms with E-state index in [1.165, 1.54) is 37.7 Å². The zero-order valence-corrected chi connectivity index (χ0v) is 16.6. The standard InChI is InChI=1S/C24H29NO4/c26-24(27)18-28-22-13-7-8-19(16-22)14-15-25-29-17-23(20-9-3-1-4-10-20)21-11-5-2-6-12-21/h1,3-4,7-10,13-16,21,23,25H,2,5-6,11-12,17-18H2,(H,26,27). The van der Waals surface area contributed by atoms with Gasteiger partial charge >= 0.3 is 5.97 Å². The third kappa shape index (κ3) is 6.95. The summed E-state index contributed by atoms with van der Waals surface area (Å²) in [5.41, 5.74) is 5.17. The highest BCUT2D eigenvalue weighted by Gasteiger charge is 2.25. The van der Waals surface area contributed by atoms with Gasteiger partial charge in [0.05, 0.1) is 6.61 Å². The van der Waals surface area contributed by atoms with Crippen LogP contribution in [0.15, 0.2) is 60.8 Å². The molecule has 5 heteroatoms. The number of carboxylic acids is 1. The van der Waals surface area contributed by atoms with Crippen molar-refractivity contribution in [3.05, 3.63) is 71.9 Å². The molecule has 0 heterocycles. The van der Waals surface area contributed by atoms with Gasteiger partial charge in [0.15, 0.2) is 6.61 Å². The van der Waals surface area contributed by atoms with E-state index >= 15 is 0 Å². The zero-order chi connectivity index (χ0) is 20.3. The second kappa shape index (κ2) is 11.3. The Labute approximate surface area is 172 Å². The maximum absolute atomic E-state index is 10.6. The molecule has 0 aromatic heterocycles. The Morgan fingerprint density at radius 2 is 1.90 bits per heavy atom. The minimum absolute atomic E-state index is 0.351. The third-order valence-electron chi connectivity index (χ3n) is 5.36. The maximum Gasteiger partial charge on any atom is 0.341 e. The molecule has 2 N–H and O–H groups in total. The van der Waals surface area contributed by atoms with Crippen LogP contribution in [0.2, 0.25) is 0 Å². The first-order valence-electron chi connectivity index (χ1n) is 10.3. The van der Waals surface area contributed by atoms with Gasteiger partial charge in [0.25, 0.3) is 0 Å². The minimum atomic E-state index is -0.994. The maximum atomic E-state index is 10.6. The molecule has 1 unspecified atom stereocenters. The fourth-order valence-corrected chi connectivity index (χ4v) is 3.91. The van der Waals surface area contributed by atoms with Crippen molar-refractivity contribution in [1.29, 1.82) is 0 Å². The van der Waals surface area contributed by atoms with Crippen LogP contribution in [0.1, 0.15) is 49.1 Å². The summed E-state index contributed by atoms with van der Waals surface area (Å²) >= 11 is 0. The molecule has 1 fully saturated rings. The SMILES string of the molecule is O=C(O)COc1cccc(C=CNOCC(c2ccccc2)C2CCCCC2)c1. The van der Waals surface area contributed by atoms with Gasteiger partial charge < -0.3 is 9.84 Å². The Morgan fingerprint density at radius 1 is 1.10 bits per heavy atom. The first-order valence-corrected chi connectivity index (χ1v) is 10.3. The van der Waals surface area contributed by atoms with E-state index in [9.17, 15) is 4.79 Å². The van der Waals surface area contributed by atoms with E-state index in [4.69, 9.17) is 14.7 Å². The number of hydrogen-bond donors (Lipinski definition) is 2. The van der Waals surface area contributed by atoms with Gasteiger partial charge in [0.2, 0.25) is 0 Å². The Bertz CT molecular complexity index is 784. The predicted octanol–water partition coefficient (Wildman–Crippen LogP) is 5.01. The molecule has 0 aliphatic heterocycles. The molecule has 0 bridgehead atoms. The summed E-state index contributed by atoms with van der Waals surface area (Å²) in [6, 6.07) is 17.9. The molecule has 1 atom stereocenters. The fourth-order valence-electron chi connectivity index (χ4n) is 3.91. The molecule has 2 aromatic rings. The second-order valence-corrected chi connectivity index (χ2v) is 7.43. The quantitative estimate of drug-likeness (QED) is 0.437. The molecule has 0 saturated heterocycles. The van der Waals surface area contributed by atoms with Crippen molar-refractivity contribution in [3.63, 3.8) is 0 Å². The third-order valence-corrected chi connectivity index (χ3v) is 5.36. The Balaban J connectivity index is 1.52. The summed E-state index contributed by atoms with van der Waals surface area (Å²) in [5.74, 6) is 0.592. The van der Waals surface area contributed by atoms with Gasteiger partial charge in [-0.25, -0.2) is 4.79 Å². The van der Waals surface area contributed by atoms with Crippen molar-refractivity contribution in [3.8, 4) is 5.75 Å². The van der Waals surface area contributed by atoms with Gasteiger partial charge in [-0.05, 0) is 48.1 Å². The molecule has 1 aliphatic carbocycles. The van der Waals surface area contributed by atoms with Gasteiger partial charge in [-0.1, -0.05) is 61.7 Å². The van der Waals surface area contributed by atoms with E-state index in [1.54, 1.807) is 18.3 Å². The first-order chi connectivity index (χ1) is 14.2. The van der Waals surface area contributed by atoms with Gasteiger partial charge in [-0.15, -0.1) is 0 Å². The number of carbonyl (C=O) groups is 1. The van der Waals surface area contributed by atoms with Crippen LogP contribution in [0.5, 0.6) is 5.75 Å². The molecular formula is C24H29NO4. The van der Waals surface area contributed by atoms with Crippen molar-refractivity contribution >= 4 is 12.0 Å². The Morgan fingerprint density at radius 3 is 2.66 bits per heavy atom.